The molecule has 0 saturated carbocycles. The number of nitrogens with zero attached hydrogens (tertiary/aromatic N) is 1. The lowest BCUT2D eigenvalue weighted by Crippen LogP contribution is -2.41. The molecule has 0 aliphatic rings. The van der Waals surface area contributed by atoms with Gasteiger partial charge in [0.2, 0.25) is 5.91 Å². The standard InChI is InChI=1S/C29H35ClN2O5S/c1-7-37-24-12-10-23(11-13-24)32(38(34,35)25-14-8-22(30)9-15-25)18-29(33)31-21(5)27-17-26(19(2)3)28(36-6)16-20(27)4/h8-17,19,21H,7,18H2,1-6H3,(H,31,33)/t21-/m0/s1. The minimum absolute atomic E-state index is 0.0317. The van der Waals surface area contributed by atoms with Gasteiger partial charge in [0.15, 0.2) is 0 Å². The maximum atomic E-state index is 13.6. The summed E-state index contributed by atoms with van der Waals surface area (Å²) in [6.07, 6.45) is 0. The number of ether oxygens (including phenoxy) is 2. The number of hydrogen-bond donors (Lipinski definition) is 1. The zero-order valence-corrected chi connectivity index (χ0v) is 24.2. The van der Waals surface area contributed by atoms with Crippen molar-refractivity contribution in [3.8, 4) is 11.5 Å². The van der Waals surface area contributed by atoms with E-state index in [4.69, 9.17) is 21.1 Å². The van der Waals surface area contributed by atoms with Crippen molar-refractivity contribution in [1.82, 2.24) is 5.32 Å². The number of halogens is 1. The lowest BCUT2D eigenvalue weighted by Gasteiger charge is -2.26. The molecule has 0 heterocycles. The summed E-state index contributed by atoms with van der Waals surface area (Å²) in [4.78, 5) is 13.3. The predicted molar refractivity (Wildman–Crippen MR) is 152 cm³/mol. The molecule has 204 valence electrons. The van der Waals surface area contributed by atoms with E-state index in [1.165, 1.54) is 24.3 Å². The first-order chi connectivity index (χ1) is 18.0. The molecule has 1 atom stereocenters. The zero-order valence-electron chi connectivity index (χ0n) is 22.6. The molecule has 1 N–H and O–H groups in total. The smallest absolute Gasteiger partial charge is 0.264 e. The summed E-state index contributed by atoms with van der Waals surface area (Å²) in [5.74, 6) is 1.20. The molecule has 0 aliphatic carbocycles. The summed E-state index contributed by atoms with van der Waals surface area (Å²) < 4.78 is 39.4. The second kappa shape index (κ2) is 12.5. The predicted octanol–water partition coefficient (Wildman–Crippen LogP) is 6.25. The number of nitrogens with one attached hydrogen (secondary N) is 1. The van der Waals surface area contributed by atoms with Crippen LogP contribution >= 0.6 is 11.6 Å². The van der Waals surface area contributed by atoms with Crippen molar-refractivity contribution in [2.24, 2.45) is 0 Å². The molecule has 3 aromatic carbocycles. The number of hydrogen-bond acceptors (Lipinski definition) is 5. The largest absolute Gasteiger partial charge is 0.496 e. The van der Waals surface area contributed by atoms with Crippen molar-refractivity contribution < 1.29 is 22.7 Å². The van der Waals surface area contributed by atoms with Gasteiger partial charge in [-0.3, -0.25) is 9.10 Å². The van der Waals surface area contributed by atoms with E-state index in [0.717, 1.165) is 26.7 Å². The highest BCUT2D eigenvalue weighted by atomic mass is 35.5. The normalized spacial score (nSPS) is 12.2. The van der Waals surface area contributed by atoms with Gasteiger partial charge < -0.3 is 14.8 Å². The van der Waals surface area contributed by atoms with Crippen LogP contribution in [-0.4, -0.2) is 34.6 Å². The molecule has 0 fully saturated rings. The number of rotatable bonds is 11. The van der Waals surface area contributed by atoms with E-state index in [9.17, 15) is 13.2 Å². The monoisotopic (exact) mass is 558 g/mol. The highest BCUT2D eigenvalue weighted by molar-refractivity contribution is 7.92. The van der Waals surface area contributed by atoms with E-state index in [0.29, 0.717) is 23.1 Å². The van der Waals surface area contributed by atoms with Gasteiger partial charge in [-0.2, -0.15) is 0 Å². The van der Waals surface area contributed by atoms with Gasteiger partial charge in [-0.15, -0.1) is 0 Å². The Hall–Kier alpha value is -3.23. The van der Waals surface area contributed by atoms with Crippen LogP contribution in [0, 0.1) is 6.92 Å². The molecule has 3 aromatic rings. The molecule has 0 saturated heterocycles. The minimum Gasteiger partial charge on any atom is -0.496 e. The quantitative estimate of drug-likeness (QED) is 0.300. The van der Waals surface area contributed by atoms with Crippen molar-refractivity contribution in [3.05, 3.63) is 82.4 Å². The van der Waals surface area contributed by atoms with Crippen LogP contribution in [0.25, 0.3) is 0 Å². The van der Waals surface area contributed by atoms with Crippen LogP contribution in [-0.2, 0) is 14.8 Å². The van der Waals surface area contributed by atoms with Crippen LogP contribution in [0.15, 0.2) is 65.6 Å². The fourth-order valence-corrected chi connectivity index (χ4v) is 5.78. The summed E-state index contributed by atoms with van der Waals surface area (Å²) in [6, 6.07) is 16.1. The maximum absolute atomic E-state index is 13.6. The van der Waals surface area contributed by atoms with E-state index in [1.54, 1.807) is 31.4 Å². The van der Waals surface area contributed by atoms with Crippen LogP contribution in [0.1, 0.15) is 56.3 Å². The number of methoxy groups -OCH3 is 1. The Morgan fingerprint density at radius 2 is 1.63 bits per heavy atom. The van der Waals surface area contributed by atoms with E-state index in [-0.39, 0.29) is 16.9 Å². The van der Waals surface area contributed by atoms with Crippen LogP contribution in [0.2, 0.25) is 5.02 Å². The first-order valence-electron chi connectivity index (χ1n) is 12.5. The summed E-state index contributed by atoms with van der Waals surface area (Å²) in [5, 5.41) is 3.39. The number of anilines is 1. The summed E-state index contributed by atoms with van der Waals surface area (Å²) in [6.45, 7) is 9.94. The van der Waals surface area contributed by atoms with E-state index in [1.807, 2.05) is 32.9 Å². The molecule has 7 nitrogen and oxygen atoms in total. The molecule has 9 heteroatoms. The van der Waals surface area contributed by atoms with E-state index < -0.39 is 22.5 Å². The van der Waals surface area contributed by atoms with Gasteiger partial charge in [0, 0.05) is 5.02 Å². The maximum Gasteiger partial charge on any atom is 0.264 e. The number of sulfonamides is 1. The number of benzene rings is 3. The number of amides is 1. The Labute approximate surface area is 230 Å². The van der Waals surface area contributed by atoms with Gasteiger partial charge in [-0.05, 0) is 104 Å². The first kappa shape index (κ1) is 29.3. The van der Waals surface area contributed by atoms with E-state index >= 15 is 0 Å². The Bertz CT molecular complexity index is 1360. The highest BCUT2D eigenvalue weighted by Gasteiger charge is 2.28. The second-order valence-corrected chi connectivity index (χ2v) is 11.6. The van der Waals surface area contributed by atoms with Crippen molar-refractivity contribution in [2.45, 2.75) is 51.5 Å². The van der Waals surface area contributed by atoms with Crippen molar-refractivity contribution in [3.63, 3.8) is 0 Å². The summed E-state index contributed by atoms with van der Waals surface area (Å²) >= 11 is 5.97. The molecule has 38 heavy (non-hydrogen) atoms. The van der Waals surface area contributed by atoms with Gasteiger partial charge in [0.25, 0.3) is 10.0 Å². The Morgan fingerprint density at radius 1 is 1.00 bits per heavy atom. The Morgan fingerprint density at radius 3 is 2.18 bits per heavy atom. The topological polar surface area (TPSA) is 84.9 Å². The molecular formula is C29H35ClN2O5S. The third-order valence-electron chi connectivity index (χ3n) is 6.21. The second-order valence-electron chi connectivity index (χ2n) is 9.29. The van der Waals surface area contributed by atoms with E-state index in [2.05, 4.69) is 19.2 Å². The van der Waals surface area contributed by atoms with Crippen molar-refractivity contribution in [1.29, 1.82) is 0 Å². The SMILES string of the molecule is CCOc1ccc(N(CC(=O)N[C@@H](C)c2cc(C(C)C)c(OC)cc2C)S(=O)(=O)c2ccc(Cl)cc2)cc1. The number of aryl methyl sites for hydroxylation is 1. The summed E-state index contributed by atoms with van der Waals surface area (Å²) in [7, 11) is -2.43. The molecule has 0 bridgehead atoms. The van der Waals surface area contributed by atoms with Gasteiger partial charge in [-0.1, -0.05) is 25.4 Å². The lowest BCUT2D eigenvalue weighted by atomic mass is 9.93. The number of carbonyl (C=O) groups is 1. The summed E-state index contributed by atoms with van der Waals surface area (Å²) in [5.41, 5.74) is 3.29. The fourth-order valence-electron chi connectivity index (χ4n) is 4.23. The molecule has 0 spiro atoms. The van der Waals surface area contributed by atoms with Crippen LogP contribution in [0.4, 0.5) is 5.69 Å². The van der Waals surface area contributed by atoms with Crippen molar-refractivity contribution >= 4 is 33.2 Å². The average Bonchev–Trinajstić information content (AvgIpc) is 2.87. The van der Waals surface area contributed by atoms with Crippen LogP contribution in [0.5, 0.6) is 11.5 Å². The highest BCUT2D eigenvalue weighted by Crippen LogP contribution is 2.32. The Balaban J connectivity index is 1.92. The van der Waals surface area contributed by atoms with Gasteiger partial charge >= 0.3 is 0 Å². The van der Waals surface area contributed by atoms with Crippen LogP contribution in [0.3, 0.4) is 0 Å². The molecular weight excluding hydrogens is 524 g/mol. The third kappa shape index (κ3) is 6.79. The molecule has 3 rings (SSSR count). The Kier molecular flexibility index (Phi) is 9.68. The van der Waals surface area contributed by atoms with Gasteiger partial charge in [0.1, 0.15) is 18.0 Å². The minimum atomic E-state index is -4.07. The van der Waals surface area contributed by atoms with Crippen molar-refractivity contribution in [2.75, 3.05) is 24.6 Å². The third-order valence-corrected chi connectivity index (χ3v) is 8.25. The number of carbonyl (C=O) groups excluding carboxylic acids is 1. The molecule has 0 aliphatic heterocycles. The average molecular weight is 559 g/mol. The molecule has 1 amide bonds. The lowest BCUT2D eigenvalue weighted by molar-refractivity contribution is -0.120. The van der Waals surface area contributed by atoms with Gasteiger partial charge in [-0.25, -0.2) is 8.42 Å². The molecule has 0 radical (unpaired) electrons. The first-order valence-corrected chi connectivity index (χ1v) is 14.3. The molecule has 0 unspecified atom stereocenters. The van der Waals surface area contributed by atoms with Gasteiger partial charge in [0.05, 0.1) is 30.3 Å². The van der Waals surface area contributed by atoms with Crippen LogP contribution < -0.4 is 19.1 Å². The zero-order chi connectivity index (χ0) is 28.0. The fraction of sp³-hybridized carbons (Fsp3) is 0.345. The molecule has 0 aromatic heterocycles.